The van der Waals surface area contributed by atoms with Crippen molar-refractivity contribution in [2.45, 2.75) is 52.0 Å². The van der Waals surface area contributed by atoms with Gasteiger partial charge in [0.05, 0.1) is 17.2 Å². The lowest BCUT2D eigenvalue weighted by Gasteiger charge is -2.18. The predicted octanol–water partition coefficient (Wildman–Crippen LogP) is 4.63. The maximum Gasteiger partial charge on any atom is 0.178 e. The van der Waals surface area contributed by atoms with Gasteiger partial charge in [0.1, 0.15) is 0 Å². The Hall–Kier alpha value is -1.16. The molecule has 0 bridgehead atoms. The fourth-order valence-corrected chi connectivity index (χ4v) is 2.87. The summed E-state index contributed by atoms with van der Waals surface area (Å²) in [6.07, 6.45) is 9.75. The van der Waals surface area contributed by atoms with Crippen LogP contribution in [0.3, 0.4) is 0 Å². The van der Waals surface area contributed by atoms with E-state index < -0.39 is 0 Å². The van der Waals surface area contributed by atoms with Crippen LogP contribution in [0.15, 0.2) is 18.5 Å². The Bertz CT molecular complexity index is 555. The predicted molar refractivity (Wildman–Crippen MR) is 78.4 cm³/mol. The molecular formula is C14H21N3S. The zero-order valence-electron chi connectivity index (χ0n) is 11.1. The molecule has 0 radical (unpaired) electrons. The summed E-state index contributed by atoms with van der Waals surface area (Å²) in [6, 6.07) is 2.56. The van der Waals surface area contributed by atoms with Crippen molar-refractivity contribution in [3.63, 3.8) is 0 Å². The minimum absolute atomic E-state index is 0.513. The number of nitrogens with one attached hydrogen (secondary N) is 1. The number of hydrogen-bond acceptors (Lipinski definition) is 2. The largest absolute Gasteiger partial charge is 0.329 e. The second kappa shape index (κ2) is 6.14. The van der Waals surface area contributed by atoms with Crippen molar-refractivity contribution < 1.29 is 0 Å². The number of unbranched alkanes of at least 4 members (excludes halogenated alkanes) is 1. The lowest BCUT2D eigenvalue weighted by molar-refractivity contribution is 0.422. The highest BCUT2D eigenvalue weighted by Gasteiger charge is 2.14. The zero-order valence-corrected chi connectivity index (χ0v) is 12.0. The topological polar surface area (TPSA) is 33.6 Å². The average molecular weight is 263 g/mol. The number of fused-ring (bicyclic) bond motifs is 1. The number of pyridine rings is 1. The zero-order chi connectivity index (χ0) is 13.0. The molecule has 0 amide bonds. The number of hydrogen-bond donors (Lipinski definition) is 1. The molecule has 0 saturated heterocycles. The van der Waals surface area contributed by atoms with E-state index in [1.54, 1.807) is 0 Å². The van der Waals surface area contributed by atoms with Crippen molar-refractivity contribution in [1.29, 1.82) is 0 Å². The lowest BCUT2D eigenvalue weighted by Crippen LogP contribution is -2.09. The van der Waals surface area contributed by atoms with E-state index in [-0.39, 0.29) is 0 Å². The molecule has 0 spiro atoms. The molecule has 2 heterocycles. The van der Waals surface area contributed by atoms with E-state index in [0.717, 1.165) is 10.3 Å². The molecule has 98 valence electrons. The molecule has 0 saturated carbocycles. The highest BCUT2D eigenvalue weighted by atomic mass is 32.1. The monoisotopic (exact) mass is 263 g/mol. The molecule has 0 aromatic carbocycles. The SMILES string of the molecule is CCCCC(CCC)n1c(=S)[nH]c2cnccc21. The number of aromatic nitrogens is 3. The van der Waals surface area contributed by atoms with Gasteiger partial charge in [-0.1, -0.05) is 33.1 Å². The van der Waals surface area contributed by atoms with E-state index in [2.05, 4.69) is 34.4 Å². The third kappa shape index (κ3) is 2.64. The third-order valence-electron chi connectivity index (χ3n) is 3.40. The molecule has 0 fully saturated rings. The second-order valence-electron chi connectivity index (χ2n) is 4.78. The summed E-state index contributed by atoms with van der Waals surface area (Å²) in [6.45, 7) is 4.47. The summed E-state index contributed by atoms with van der Waals surface area (Å²) in [4.78, 5) is 7.40. The number of aromatic amines is 1. The van der Waals surface area contributed by atoms with E-state index >= 15 is 0 Å². The molecule has 2 rings (SSSR count). The molecule has 2 aromatic heterocycles. The third-order valence-corrected chi connectivity index (χ3v) is 3.69. The smallest absolute Gasteiger partial charge is 0.178 e. The van der Waals surface area contributed by atoms with Crippen LogP contribution in [0.2, 0.25) is 0 Å². The first-order valence-corrected chi connectivity index (χ1v) is 7.23. The van der Waals surface area contributed by atoms with Crippen molar-refractivity contribution >= 4 is 23.3 Å². The van der Waals surface area contributed by atoms with Gasteiger partial charge < -0.3 is 9.55 Å². The summed E-state index contributed by atoms with van der Waals surface area (Å²) in [5.41, 5.74) is 2.23. The first-order chi connectivity index (χ1) is 8.77. The summed E-state index contributed by atoms with van der Waals surface area (Å²) in [5, 5.41) is 0. The molecule has 2 aromatic rings. The van der Waals surface area contributed by atoms with E-state index in [1.165, 1.54) is 37.6 Å². The molecule has 18 heavy (non-hydrogen) atoms. The van der Waals surface area contributed by atoms with Crippen LogP contribution in [-0.4, -0.2) is 14.5 Å². The van der Waals surface area contributed by atoms with Crippen LogP contribution in [0.1, 0.15) is 52.0 Å². The Labute approximate surface area is 113 Å². The van der Waals surface area contributed by atoms with E-state index in [0.29, 0.717) is 6.04 Å². The van der Waals surface area contributed by atoms with Gasteiger partial charge >= 0.3 is 0 Å². The Balaban J connectivity index is 2.42. The summed E-state index contributed by atoms with van der Waals surface area (Å²) >= 11 is 5.47. The summed E-state index contributed by atoms with van der Waals surface area (Å²) in [7, 11) is 0. The molecular weight excluding hydrogens is 242 g/mol. The summed E-state index contributed by atoms with van der Waals surface area (Å²) < 4.78 is 3.11. The Morgan fingerprint density at radius 2 is 2.17 bits per heavy atom. The number of nitrogens with zero attached hydrogens (tertiary/aromatic N) is 2. The molecule has 4 heteroatoms. The van der Waals surface area contributed by atoms with Gasteiger partial charge in [-0.15, -0.1) is 0 Å². The van der Waals surface area contributed by atoms with Gasteiger partial charge in [-0.05, 0) is 31.1 Å². The average Bonchev–Trinajstić information content (AvgIpc) is 2.70. The van der Waals surface area contributed by atoms with Gasteiger partial charge in [0.2, 0.25) is 0 Å². The van der Waals surface area contributed by atoms with Gasteiger partial charge in [-0.2, -0.15) is 0 Å². The van der Waals surface area contributed by atoms with Crippen molar-refractivity contribution in [2.75, 3.05) is 0 Å². The fraction of sp³-hybridized carbons (Fsp3) is 0.571. The standard InChI is InChI=1S/C14H21N3S/c1-3-5-7-11(6-4-2)17-13-8-9-15-10-12(13)16-14(17)18/h8-11H,3-7H2,1-2H3,(H,16,18). The van der Waals surface area contributed by atoms with E-state index in [4.69, 9.17) is 12.2 Å². The first-order valence-electron chi connectivity index (χ1n) is 6.82. The minimum atomic E-state index is 0.513. The van der Waals surface area contributed by atoms with Gasteiger partial charge in [0.15, 0.2) is 4.77 Å². The Morgan fingerprint density at radius 3 is 2.89 bits per heavy atom. The molecule has 0 aliphatic heterocycles. The van der Waals surface area contributed by atoms with Crippen molar-refractivity contribution in [2.24, 2.45) is 0 Å². The van der Waals surface area contributed by atoms with Gasteiger partial charge in [0, 0.05) is 12.2 Å². The minimum Gasteiger partial charge on any atom is -0.329 e. The van der Waals surface area contributed by atoms with Crippen molar-refractivity contribution in [3.05, 3.63) is 23.2 Å². The Kier molecular flexibility index (Phi) is 4.53. The molecule has 0 aliphatic carbocycles. The van der Waals surface area contributed by atoms with E-state index in [1.807, 2.05) is 12.4 Å². The highest BCUT2D eigenvalue weighted by Crippen LogP contribution is 2.26. The Morgan fingerprint density at radius 1 is 1.33 bits per heavy atom. The number of H-pyrrole nitrogens is 1. The van der Waals surface area contributed by atoms with Gasteiger partial charge in [-0.25, -0.2) is 0 Å². The van der Waals surface area contributed by atoms with Crippen LogP contribution in [0, 0.1) is 4.77 Å². The molecule has 1 unspecified atom stereocenters. The van der Waals surface area contributed by atoms with Crippen LogP contribution in [0.4, 0.5) is 0 Å². The number of imidazole rings is 1. The number of rotatable bonds is 6. The lowest BCUT2D eigenvalue weighted by atomic mass is 10.0. The maximum absolute atomic E-state index is 5.47. The quantitative estimate of drug-likeness (QED) is 0.771. The van der Waals surface area contributed by atoms with Crippen molar-refractivity contribution in [3.8, 4) is 0 Å². The van der Waals surface area contributed by atoms with Crippen LogP contribution < -0.4 is 0 Å². The van der Waals surface area contributed by atoms with Crippen LogP contribution in [-0.2, 0) is 0 Å². The maximum atomic E-state index is 5.47. The fourth-order valence-electron chi connectivity index (χ4n) is 2.52. The normalized spacial score (nSPS) is 13.0. The van der Waals surface area contributed by atoms with Crippen molar-refractivity contribution in [1.82, 2.24) is 14.5 Å². The van der Waals surface area contributed by atoms with Crippen LogP contribution in [0.5, 0.6) is 0 Å². The van der Waals surface area contributed by atoms with Gasteiger partial charge in [-0.3, -0.25) is 4.98 Å². The summed E-state index contributed by atoms with van der Waals surface area (Å²) in [5.74, 6) is 0. The molecule has 1 atom stereocenters. The first kappa shape index (κ1) is 13.3. The van der Waals surface area contributed by atoms with Gasteiger partial charge in [0.25, 0.3) is 0 Å². The van der Waals surface area contributed by atoms with Crippen LogP contribution >= 0.6 is 12.2 Å². The molecule has 1 N–H and O–H groups in total. The second-order valence-corrected chi connectivity index (χ2v) is 5.16. The van der Waals surface area contributed by atoms with E-state index in [9.17, 15) is 0 Å². The van der Waals surface area contributed by atoms with Crippen LogP contribution in [0.25, 0.3) is 11.0 Å². The molecule has 3 nitrogen and oxygen atoms in total. The molecule has 0 aliphatic rings. The highest BCUT2D eigenvalue weighted by molar-refractivity contribution is 7.71.